The zero-order chi connectivity index (χ0) is 47.2. The molecule has 0 bridgehead atoms. The molecule has 0 radical (unpaired) electrons. The Morgan fingerprint density at radius 2 is 0.631 bits per heavy atom. The van der Waals surface area contributed by atoms with Crippen LogP contribution >= 0.6 is 0 Å². The molecule has 0 N–H and O–H groups in total. The van der Waals surface area contributed by atoms with Crippen molar-refractivity contribution in [2.75, 3.05) is 13.2 Å². The lowest BCUT2D eigenvalue weighted by Gasteiger charge is -2.18. The second-order valence-corrected chi connectivity index (χ2v) is 16.7. The molecule has 0 heterocycles. The minimum Gasteiger partial charge on any atom is -0.462 e. The monoisotopic (exact) mass is 899 g/mol. The van der Waals surface area contributed by atoms with Gasteiger partial charge in [-0.1, -0.05) is 194 Å². The minimum absolute atomic E-state index is 0.128. The van der Waals surface area contributed by atoms with Crippen molar-refractivity contribution >= 4 is 17.9 Å². The van der Waals surface area contributed by atoms with Crippen molar-refractivity contribution in [1.82, 2.24) is 0 Å². The van der Waals surface area contributed by atoms with Crippen molar-refractivity contribution in [2.45, 2.75) is 219 Å². The smallest absolute Gasteiger partial charge is 0.306 e. The van der Waals surface area contributed by atoms with E-state index in [4.69, 9.17) is 14.2 Å². The van der Waals surface area contributed by atoms with E-state index in [1.54, 1.807) is 0 Å². The van der Waals surface area contributed by atoms with Crippen molar-refractivity contribution in [1.29, 1.82) is 0 Å². The number of rotatable bonds is 45. The number of allylic oxidation sites excluding steroid dienone is 20. The van der Waals surface area contributed by atoms with Gasteiger partial charge in [-0.25, -0.2) is 0 Å². The summed E-state index contributed by atoms with van der Waals surface area (Å²) in [7, 11) is 0. The molecular weight excluding hydrogens is 805 g/mol. The van der Waals surface area contributed by atoms with Crippen LogP contribution in [0.1, 0.15) is 213 Å². The minimum atomic E-state index is -0.831. The first-order valence-corrected chi connectivity index (χ1v) is 26.0. The third-order valence-electron chi connectivity index (χ3n) is 10.4. The average molecular weight is 899 g/mol. The first-order valence-electron chi connectivity index (χ1n) is 26.0. The van der Waals surface area contributed by atoms with Gasteiger partial charge in [-0.15, -0.1) is 0 Å². The van der Waals surface area contributed by atoms with E-state index in [1.807, 2.05) is 12.2 Å². The highest BCUT2D eigenvalue weighted by Crippen LogP contribution is 2.12. The Labute approximate surface area is 399 Å². The Morgan fingerprint density at radius 3 is 1.11 bits per heavy atom. The van der Waals surface area contributed by atoms with Crippen LogP contribution in [-0.2, 0) is 28.6 Å². The number of esters is 3. The van der Waals surface area contributed by atoms with Crippen LogP contribution in [0.15, 0.2) is 122 Å². The number of hydrogen-bond acceptors (Lipinski definition) is 6. The second-order valence-electron chi connectivity index (χ2n) is 16.7. The normalized spacial score (nSPS) is 13.1. The average Bonchev–Trinajstić information content (AvgIpc) is 3.30. The van der Waals surface area contributed by atoms with E-state index in [0.29, 0.717) is 19.3 Å². The van der Waals surface area contributed by atoms with Crippen LogP contribution in [0.4, 0.5) is 0 Å². The van der Waals surface area contributed by atoms with Crippen LogP contribution in [0, 0.1) is 0 Å². The van der Waals surface area contributed by atoms with E-state index in [1.165, 1.54) is 64.2 Å². The molecular formula is C59H94O6. The van der Waals surface area contributed by atoms with E-state index in [0.717, 1.165) is 96.3 Å². The Hall–Kier alpha value is -4.19. The van der Waals surface area contributed by atoms with Crippen LogP contribution in [-0.4, -0.2) is 37.2 Å². The molecule has 65 heavy (non-hydrogen) atoms. The van der Waals surface area contributed by atoms with Gasteiger partial charge >= 0.3 is 17.9 Å². The maximum absolute atomic E-state index is 12.8. The van der Waals surface area contributed by atoms with Gasteiger partial charge in [0.15, 0.2) is 6.10 Å². The molecule has 0 rings (SSSR count). The third kappa shape index (κ3) is 50.7. The molecule has 6 heteroatoms. The number of unbranched alkanes of at least 4 members (excludes halogenated alkanes) is 14. The van der Waals surface area contributed by atoms with Crippen LogP contribution < -0.4 is 0 Å². The summed E-state index contributed by atoms with van der Waals surface area (Å²) in [6, 6.07) is 0. The van der Waals surface area contributed by atoms with E-state index >= 15 is 0 Å². The Balaban J connectivity index is 4.58. The molecule has 0 fully saturated rings. The first kappa shape index (κ1) is 60.8. The van der Waals surface area contributed by atoms with Gasteiger partial charge in [-0.2, -0.15) is 0 Å². The van der Waals surface area contributed by atoms with Crippen LogP contribution in [0.5, 0.6) is 0 Å². The topological polar surface area (TPSA) is 78.9 Å². The third-order valence-corrected chi connectivity index (χ3v) is 10.4. The lowest BCUT2D eigenvalue weighted by Crippen LogP contribution is -2.30. The van der Waals surface area contributed by atoms with Crippen LogP contribution in [0.25, 0.3) is 0 Å². The van der Waals surface area contributed by atoms with Gasteiger partial charge in [-0.05, 0) is 122 Å². The van der Waals surface area contributed by atoms with Gasteiger partial charge in [0.05, 0.1) is 0 Å². The summed E-state index contributed by atoms with van der Waals surface area (Å²) in [5.41, 5.74) is 0. The van der Waals surface area contributed by atoms with E-state index in [-0.39, 0.29) is 44.0 Å². The molecule has 0 aliphatic rings. The summed E-state index contributed by atoms with van der Waals surface area (Å²) in [5.74, 6) is -1.07. The number of hydrogen-bond donors (Lipinski definition) is 0. The molecule has 0 unspecified atom stereocenters. The van der Waals surface area contributed by atoms with Gasteiger partial charge in [0.2, 0.25) is 0 Å². The summed E-state index contributed by atoms with van der Waals surface area (Å²) in [6.07, 6.45) is 71.9. The van der Waals surface area contributed by atoms with E-state index in [2.05, 4.69) is 130 Å². The van der Waals surface area contributed by atoms with Crippen molar-refractivity contribution in [3.63, 3.8) is 0 Å². The molecule has 0 aromatic rings. The predicted molar refractivity (Wildman–Crippen MR) is 279 cm³/mol. The van der Waals surface area contributed by atoms with Crippen LogP contribution in [0.3, 0.4) is 0 Å². The standard InChI is InChI=1S/C59H94O6/c1-4-7-10-13-16-19-22-25-27-28-29-30-32-35-37-40-43-46-49-52-58(61)64-55-56(65-59(62)53-50-47-44-41-38-33-24-21-18-15-12-9-6-3)54-63-57(60)51-48-45-42-39-36-34-31-26-23-20-17-14-11-8-5-2/h7,10,16-17,19-21,24-27,29-31,35-37,39,43,46,56H,4-6,8-9,11-15,18,22-23,28,32-34,38,40-42,44-45,47-55H2,1-3H3/b10-7-,19-16-,20-17-,24-21-,27-25-,30-29-,31-26-,37-35-,39-36-,46-43-/t56-/m0/s1. The van der Waals surface area contributed by atoms with Gasteiger partial charge < -0.3 is 14.2 Å². The van der Waals surface area contributed by atoms with Crippen molar-refractivity contribution in [2.24, 2.45) is 0 Å². The lowest BCUT2D eigenvalue weighted by molar-refractivity contribution is -0.166. The number of ether oxygens (including phenoxy) is 3. The summed E-state index contributed by atoms with van der Waals surface area (Å²) in [5, 5.41) is 0. The zero-order valence-electron chi connectivity index (χ0n) is 41.7. The fraction of sp³-hybridized carbons (Fsp3) is 0.610. The summed E-state index contributed by atoms with van der Waals surface area (Å²) in [4.78, 5) is 37.9. The Kier molecular flexibility index (Phi) is 49.1. The molecule has 0 aromatic carbocycles. The lowest BCUT2D eigenvalue weighted by atomic mass is 10.1. The largest absolute Gasteiger partial charge is 0.462 e. The fourth-order valence-electron chi connectivity index (χ4n) is 6.53. The van der Waals surface area contributed by atoms with E-state index < -0.39 is 6.10 Å². The number of carbonyl (C=O) groups excluding carboxylic acids is 3. The SMILES string of the molecule is CC/C=C\C/C=C\C/C=C\C/C=C\C/C=C\C/C=C\CCC(=O)OC[C@H](COC(=O)CCCC/C=C\C/C=C\C/C=C\CCCCC)OC(=O)CCCCCCC/C=C\CCCCCC. The zero-order valence-corrected chi connectivity index (χ0v) is 41.7. The predicted octanol–water partition coefficient (Wildman–Crippen LogP) is 17.3. The molecule has 0 saturated carbocycles. The second kappa shape index (κ2) is 52.4. The molecule has 1 atom stereocenters. The maximum atomic E-state index is 12.8. The number of carbonyl (C=O) groups is 3. The molecule has 0 aliphatic carbocycles. The summed E-state index contributed by atoms with van der Waals surface area (Å²) < 4.78 is 16.7. The maximum Gasteiger partial charge on any atom is 0.306 e. The molecule has 366 valence electrons. The van der Waals surface area contributed by atoms with Crippen molar-refractivity contribution < 1.29 is 28.6 Å². The Bertz CT molecular complexity index is 1400. The summed E-state index contributed by atoms with van der Waals surface area (Å²) >= 11 is 0. The van der Waals surface area contributed by atoms with Crippen LogP contribution in [0.2, 0.25) is 0 Å². The van der Waals surface area contributed by atoms with Gasteiger partial charge in [0, 0.05) is 19.3 Å². The van der Waals surface area contributed by atoms with Gasteiger partial charge in [-0.3, -0.25) is 14.4 Å². The van der Waals surface area contributed by atoms with Gasteiger partial charge in [0.1, 0.15) is 13.2 Å². The molecule has 0 aliphatic heterocycles. The molecule has 0 saturated heterocycles. The Morgan fingerprint density at radius 1 is 0.323 bits per heavy atom. The highest BCUT2D eigenvalue weighted by Gasteiger charge is 2.19. The first-order chi connectivity index (χ1) is 32.0. The fourth-order valence-corrected chi connectivity index (χ4v) is 6.53. The highest BCUT2D eigenvalue weighted by atomic mass is 16.6. The van der Waals surface area contributed by atoms with Gasteiger partial charge in [0.25, 0.3) is 0 Å². The molecule has 0 aromatic heterocycles. The highest BCUT2D eigenvalue weighted by molar-refractivity contribution is 5.71. The molecule has 0 amide bonds. The van der Waals surface area contributed by atoms with Crippen molar-refractivity contribution in [3.05, 3.63) is 122 Å². The summed E-state index contributed by atoms with van der Waals surface area (Å²) in [6.45, 7) is 6.35. The van der Waals surface area contributed by atoms with E-state index in [9.17, 15) is 14.4 Å². The molecule has 6 nitrogen and oxygen atoms in total. The molecule has 0 spiro atoms. The quantitative estimate of drug-likeness (QED) is 0.0262. The van der Waals surface area contributed by atoms with Crippen molar-refractivity contribution in [3.8, 4) is 0 Å².